The summed E-state index contributed by atoms with van der Waals surface area (Å²) in [6, 6.07) is 9.70. The highest BCUT2D eigenvalue weighted by Gasteiger charge is 2.43. The van der Waals surface area contributed by atoms with Crippen LogP contribution >= 0.6 is 0 Å². The van der Waals surface area contributed by atoms with Gasteiger partial charge in [0.25, 0.3) is 0 Å². The summed E-state index contributed by atoms with van der Waals surface area (Å²) in [5.74, 6) is -2.24. The summed E-state index contributed by atoms with van der Waals surface area (Å²) in [7, 11) is 0. The Morgan fingerprint density at radius 3 is 2.53 bits per heavy atom. The number of nitrogens with zero attached hydrogens (tertiary/aromatic N) is 4. The number of nitrogens with two attached hydrogens (primary N) is 1. The van der Waals surface area contributed by atoms with E-state index >= 15 is 0 Å². The van der Waals surface area contributed by atoms with Gasteiger partial charge in [0.05, 0.1) is 12.1 Å². The molecule has 1 heterocycles. The van der Waals surface area contributed by atoms with E-state index in [0.29, 0.717) is 0 Å². The molecule has 10 nitrogen and oxygen atoms in total. The number of likely N-dealkylation sites (tertiary alicyclic amines) is 1. The Bertz CT molecular complexity index is 1140. The minimum Gasteiger partial charge on any atom is -0.480 e. The number of carbonyl (C=O) groups is 3. The van der Waals surface area contributed by atoms with Crippen molar-refractivity contribution in [2.45, 2.75) is 57.8 Å². The zero-order chi connectivity index (χ0) is 25.0. The van der Waals surface area contributed by atoms with Gasteiger partial charge in [-0.15, -0.1) is 0 Å². The van der Waals surface area contributed by atoms with Gasteiger partial charge < -0.3 is 21.1 Å². The predicted molar refractivity (Wildman–Crippen MR) is 128 cm³/mol. The van der Waals surface area contributed by atoms with Crippen LogP contribution in [0.2, 0.25) is 0 Å². The smallest absolute Gasteiger partial charge is 0.326 e. The Morgan fingerprint density at radius 2 is 1.91 bits per heavy atom. The fraction of sp³-hybridized carbons (Fsp3) is 0.458. The summed E-state index contributed by atoms with van der Waals surface area (Å²) in [6.45, 7) is 5.49. The third kappa shape index (κ3) is 5.65. The van der Waals surface area contributed by atoms with Gasteiger partial charge in [0.15, 0.2) is 0 Å². The van der Waals surface area contributed by atoms with Gasteiger partial charge >= 0.3 is 5.97 Å². The van der Waals surface area contributed by atoms with Crippen LogP contribution in [0.4, 0.5) is 0 Å². The lowest BCUT2D eigenvalue weighted by Crippen LogP contribution is -2.56. The third-order valence-electron chi connectivity index (χ3n) is 6.15. The lowest BCUT2D eigenvalue weighted by Gasteiger charge is -2.33. The zero-order valence-corrected chi connectivity index (χ0v) is 19.5. The summed E-state index contributed by atoms with van der Waals surface area (Å²) in [5, 5.41) is 18.0. The number of nitrogens with one attached hydrogen (secondary N) is 1. The topological polar surface area (TPSA) is 161 Å². The molecule has 4 atom stereocenters. The van der Waals surface area contributed by atoms with Gasteiger partial charge in [0.2, 0.25) is 11.8 Å². The average Bonchev–Trinajstić information content (AvgIpc) is 3.21. The zero-order valence-electron chi connectivity index (χ0n) is 19.5. The molecule has 180 valence electrons. The Morgan fingerprint density at radius 1 is 1.24 bits per heavy atom. The van der Waals surface area contributed by atoms with Crippen LogP contribution in [0.15, 0.2) is 47.6 Å². The fourth-order valence-electron chi connectivity index (χ4n) is 4.08. The first-order valence-electron chi connectivity index (χ1n) is 11.1. The number of carboxylic acid groups (broad SMARTS) is 1. The van der Waals surface area contributed by atoms with E-state index in [1.54, 1.807) is 0 Å². The highest BCUT2D eigenvalue weighted by Crippen LogP contribution is 2.26. The monoisotopic (exact) mass is 466 g/mol. The molecule has 4 N–H and O–H groups in total. The Kier molecular flexibility index (Phi) is 7.44. The predicted octanol–water partition coefficient (Wildman–Crippen LogP) is 2.60. The van der Waals surface area contributed by atoms with E-state index in [1.165, 1.54) is 4.90 Å². The van der Waals surface area contributed by atoms with Crippen LogP contribution in [-0.2, 0) is 20.8 Å². The molecule has 10 heteroatoms. The molecule has 2 aromatic rings. The molecule has 1 aliphatic heterocycles. The van der Waals surface area contributed by atoms with Gasteiger partial charge in [-0.05, 0) is 33.7 Å². The minimum absolute atomic E-state index is 0.0488. The molecule has 0 bridgehead atoms. The van der Waals surface area contributed by atoms with Gasteiger partial charge in [-0.2, -0.15) is 0 Å². The summed E-state index contributed by atoms with van der Waals surface area (Å²) in [4.78, 5) is 42.3. The van der Waals surface area contributed by atoms with E-state index in [9.17, 15) is 19.5 Å². The number of aliphatic carboxylic acids is 1. The Labute approximate surface area is 197 Å². The number of rotatable bonds is 7. The molecule has 1 aliphatic rings. The van der Waals surface area contributed by atoms with Crippen molar-refractivity contribution >= 4 is 28.6 Å². The van der Waals surface area contributed by atoms with E-state index in [1.807, 2.05) is 63.2 Å². The molecular weight excluding hydrogens is 436 g/mol. The summed E-state index contributed by atoms with van der Waals surface area (Å²) >= 11 is 0. The van der Waals surface area contributed by atoms with E-state index < -0.39 is 47.4 Å². The largest absolute Gasteiger partial charge is 0.480 e. The standard InChI is InChI=1S/C24H30N6O4/c1-24(2,3)20(25)22(32)30-13-17(28-29-26)12-19(30)21(31)27-18(23(33)34)11-14-8-9-15-6-4-5-7-16(15)10-14/h4-10,17-20H,11-13,25H2,1-3H3,(H,27,31)(H,33,34)/t17-,18?,19-,20+/m0/s1. The molecule has 0 aliphatic carbocycles. The summed E-state index contributed by atoms with van der Waals surface area (Å²) in [6.07, 6.45) is 0.175. The average molecular weight is 467 g/mol. The van der Waals surface area contributed by atoms with Crippen LogP contribution in [0.1, 0.15) is 32.8 Å². The van der Waals surface area contributed by atoms with Gasteiger partial charge in [0.1, 0.15) is 12.1 Å². The number of hydrogen-bond acceptors (Lipinski definition) is 5. The van der Waals surface area contributed by atoms with Crippen LogP contribution in [0, 0.1) is 5.41 Å². The SMILES string of the molecule is CC(C)(C)[C@H](N)C(=O)N1C[C@@H](N=[N+]=[N-])C[C@H]1C(=O)NC(Cc1ccc2ccccc2c1)C(=O)O. The van der Waals surface area contributed by atoms with Crippen molar-refractivity contribution in [2.75, 3.05) is 6.54 Å². The van der Waals surface area contributed by atoms with Crippen LogP contribution < -0.4 is 11.1 Å². The molecule has 34 heavy (non-hydrogen) atoms. The molecule has 0 spiro atoms. The number of carbonyl (C=O) groups excluding carboxylic acids is 2. The van der Waals surface area contributed by atoms with Crippen molar-refractivity contribution in [2.24, 2.45) is 16.3 Å². The first kappa shape index (κ1) is 25.0. The molecular formula is C24H30N6O4. The number of fused-ring (bicyclic) bond motifs is 1. The van der Waals surface area contributed by atoms with Gasteiger partial charge in [-0.25, -0.2) is 4.79 Å². The Balaban J connectivity index is 1.79. The van der Waals surface area contributed by atoms with Crippen LogP contribution in [0.3, 0.4) is 0 Å². The molecule has 2 aromatic carbocycles. The molecule has 1 saturated heterocycles. The minimum atomic E-state index is -1.19. The molecule has 1 unspecified atom stereocenters. The highest BCUT2D eigenvalue weighted by atomic mass is 16.4. The number of azide groups is 1. The lowest BCUT2D eigenvalue weighted by atomic mass is 9.86. The van der Waals surface area contributed by atoms with E-state index in [2.05, 4.69) is 15.3 Å². The maximum absolute atomic E-state index is 13.2. The molecule has 0 radical (unpaired) electrons. The maximum Gasteiger partial charge on any atom is 0.326 e. The van der Waals surface area contributed by atoms with Crippen LogP contribution in [-0.4, -0.2) is 58.5 Å². The molecule has 1 fully saturated rings. The summed E-state index contributed by atoms with van der Waals surface area (Å²) < 4.78 is 0. The fourth-order valence-corrected chi connectivity index (χ4v) is 4.08. The van der Waals surface area contributed by atoms with Crippen molar-refractivity contribution < 1.29 is 19.5 Å². The third-order valence-corrected chi connectivity index (χ3v) is 6.15. The molecule has 3 rings (SSSR count). The quantitative estimate of drug-likeness (QED) is 0.324. The maximum atomic E-state index is 13.2. The molecule has 2 amide bonds. The van der Waals surface area contributed by atoms with Crippen molar-refractivity contribution in [3.8, 4) is 0 Å². The van der Waals surface area contributed by atoms with Gasteiger partial charge in [-0.3, -0.25) is 9.59 Å². The van der Waals surface area contributed by atoms with Crippen LogP contribution in [0.25, 0.3) is 21.2 Å². The second-order valence-corrected chi connectivity index (χ2v) is 9.73. The number of amides is 2. The van der Waals surface area contributed by atoms with Crippen LogP contribution in [0.5, 0.6) is 0 Å². The lowest BCUT2D eigenvalue weighted by molar-refractivity contribution is -0.144. The Hall–Kier alpha value is -3.62. The molecule has 0 aromatic heterocycles. The van der Waals surface area contributed by atoms with Crippen molar-refractivity contribution in [1.82, 2.24) is 10.2 Å². The second-order valence-electron chi connectivity index (χ2n) is 9.73. The van der Waals surface area contributed by atoms with Gasteiger partial charge in [-0.1, -0.05) is 68.4 Å². The number of carboxylic acids is 1. The normalized spacial score (nSPS) is 19.8. The van der Waals surface area contributed by atoms with Crippen molar-refractivity contribution in [3.63, 3.8) is 0 Å². The number of benzene rings is 2. The van der Waals surface area contributed by atoms with Crippen molar-refractivity contribution in [3.05, 3.63) is 58.5 Å². The van der Waals surface area contributed by atoms with Crippen molar-refractivity contribution in [1.29, 1.82) is 0 Å². The first-order valence-corrected chi connectivity index (χ1v) is 11.1. The van der Waals surface area contributed by atoms with Gasteiger partial charge in [0, 0.05) is 17.9 Å². The second kappa shape index (κ2) is 10.1. The number of hydrogen-bond donors (Lipinski definition) is 3. The van der Waals surface area contributed by atoms with E-state index in [0.717, 1.165) is 16.3 Å². The summed E-state index contributed by atoms with van der Waals surface area (Å²) in [5.41, 5.74) is 15.2. The first-order chi connectivity index (χ1) is 16.0. The van der Waals surface area contributed by atoms with E-state index in [-0.39, 0.29) is 19.4 Å². The van der Waals surface area contributed by atoms with E-state index in [4.69, 9.17) is 11.3 Å². The highest BCUT2D eigenvalue weighted by molar-refractivity contribution is 5.93. The molecule has 0 saturated carbocycles.